The predicted octanol–water partition coefficient (Wildman–Crippen LogP) is 1.97. The minimum absolute atomic E-state index is 0.122. The quantitative estimate of drug-likeness (QED) is 0.852. The largest absolute Gasteiger partial charge is 0.462 e. The van der Waals surface area contributed by atoms with Crippen molar-refractivity contribution in [3.05, 3.63) is 27.7 Å². The maximum absolute atomic E-state index is 11.8. The molecule has 100 valence electrons. The van der Waals surface area contributed by atoms with E-state index in [1.807, 2.05) is 6.92 Å². The van der Waals surface area contributed by atoms with E-state index in [0.29, 0.717) is 16.5 Å². The van der Waals surface area contributed by atoms with Gasteiger partial charge in [0.2, 0.25) is 10.0 Å². The third-order valence-corrected chi connectivity index (χ3v) is 4.02. The van der Waals surface area contributed by atoms with Crippen LogP contribution in [0.25, 0.3) is 0 Å². The highest BCUT2D eigenvalue weighted by molar-refractivity contribution is 9.10. The predicted molar refractivity (Wildman–Crippen MR) is 70.8 cm³/mol. The molecule has 0 amide bonds. The lowest BCUT2D eigenvalue weighted by Gasteiger charge is -2.10. The molecule has 0 aliphatic rings. The van der Waals surface area contributed by atoms with E-state index >= 15 is 0 Å². The number of carbonyl (C=O) groups is 1. The number of carbonyl (C=O) groups excluding carboxylic acids is 1. The van der Waals surface area contributed by atoms with E-state index in [1.165, 1.54) is 12.1 Å². The van der Waals surface area contributed by atoms with Crippen LogP contribution in [0.3, 0.4) is 0 Å². The Hall–Kier alpha value is -0.920. The Balaban J connectivity index is 3.27. The number of benzene rings is 1. The molecule has 0 saturated carbocycles. The first kappa shape index (κ1) is 15.1. The number of rotatable bonds is 4. The van der Waals surface area contributed by atoms with E-state index < -0.39 is 16.0 Å². The van der Waals surface area contributed by atoms with Gasteiger partial charge >= 0.3 is 5.97 Å². The second-order valence-corrected chi connectivity index (χ2v) is 6.17. The van der Waals surface area contributed by atoms with Crippen LogP contribution in [0.15, 0.2) is 21.5 Å². The monoisotopic (exact) mass is 335 g/mol. The van der Waals surface area contributed by atoms with Gasteiger partial charge in [-0.2, -0.15) is 0 Å². The average Bonchev–Trinajstić information content (AvgIpc) is 2.27. The molecular weight excluding hydrogens is 322 g/mol. The van der Waals surface area contributed by atoms with Crippen LogP contribution in [-0.4, -0.2) is 21.0 Å². The molecule has 0 spiro atoms. The summed E-state index contributed by atoms with van der Waals surface area (Å²) in [5, 5.41) is 5.04. The highest BCUT2D eigenvalue weighted by Crippen LogP contribution is 2.25. The van der Waals surface area contributed by atoms with Crippen LogP contribution in [0.1, 0.15) is 29.3 Å². The third-order valence-electron chi connectivity index (χ3n) is 2.30. The summed E-state index contributed by atoms with van der Waals surface area (Å²) in [6, 6.07) is 2.59. The number of nitrogens with two attached hydrogens (primary N) is 1. The van der Waals surface area contributed by atoms with Gasteiger partial charge in [-0.15, -0.1) is 0 Å². The number of halogens is 1. The second-order valence-electron chi connectivity index (χ2n) is 3.76. The van der Waals surface area contributed by atoms with Crippen molar-refractivity contribution in [1.82, 2.24) is 0 Å². The summed E-state index contributed by atoms with van der Waals surface area (Å²) in [5.74, 6) is -0.555. The van der Waals surface area contributed by atoms with Crippen LogP contribution in [0.5, 0.6) is 0 Å². The lowest BCUT2D eigenvalue weighted by Crippen LogP contribution is -2.15. The van der Waals surface area contributed by atoms with E-state index in [4.69, 9.17) is 9.88 Å². The molecule has 7 heteroatoms. The molecule has 18 heavy (non-hydrogen) atoms. The number of hydrogen-bond donors (Lipinski definition) is 1. The van der Waals surface area contributed by atoms with Gasteiger partial charge in [0.1, 0.15) is 0 Å². The molecule has 0 aliphatic carbocycles. The van der Waals surface area contributed by atoms with Crippen LogP contribution < -0.4 is 5.14 Å². The molecule has 0 fully saturated rings. The Bertz CT molecular complexity index is 569. The van der Waals surface area contributed by atoms with E-state index in [2.05, 4.69) is 15.9 Å². The van der Waals surface area contributed by atoms with Crippen LogP contribution in [-0.2, 0) is 14.8 Å². The highest BCUT2D eigenvalue weighted by Gasteiger charge is 2.18. The van der Waals surface area contributed by atoms with Gasteiger partial charge in [0.15, 0.2) is 0 Å². The van der Waals surface area contributed by atoms with E-state index in [1.54, 1.807) is 6.92 Å². The standard InChI is InChI=1S/C11H14BrNO4S/c1-3-4-17-11(14)9-5-8(18(13,15)16)6-10(12)7(9)2/h5-6H,3-4H2,1-2H3,(H2,13,15,16). The van der Waals surface area contributed by atoms with Crippen molar-refractivity contribution in [2.45, 2.75) is 25.2 Å². The molecule has 2 N–H and O–H groups in total. The molecule has 1 aromatic rings. The smallest absolute Gasteiger partial charge is 0.338 e. The Morgan fingerprint density at radius 2 is 2.06 bits per heavy atom. The van der Waals surface area contributed by atoms with Crippen molar-refractivity contribution in [2.75, 3.05) is 6.61 Å². The summed E-state index contributed by atoms with van der Waals surface area (Å²) in [4.78, 5) is 11.7. The molecule has 0 aliphatic heterocycles. The van der Waals surface area contributed by atoms with E-state index in [-0.39, 0.29) is 17.1 Å². The minimum atomic E-state index is -3.86. The Morgan fingerprint density at radius 1 is 1.44 bits per heavy atom. The lowest BCUT2D eigenvalue weighted by atomic mass is 10.1. The summed E-state index contributed by atoms with van der Waals surface area (Å²) in [5.41, 5.74) is 0.811. The lowest BCUT2D eigenvalue weighted by molar-refractivity contribution is 0.0504. The van der Waals surface area contributed by atoms with Gasteiger partial charge in [0.25, 0.3) is 0 Å². The van der Waals surface area contributed by atoms with Gasteiger partial charge in [-0.3, -0.25) is 0 Å². The second kappa shape index (κ2) is 5.81. The third kappa shape index (κ3) is 3.54. The molecule has 5 nitrogen and oxygen atoms in total. The average molecular weight is 336 g/mol. The fourth-order valence-corrected chi connectivity index (χ4v) is 2.48. The first-order valence-electron chi connectivity index (χ1n) is 5.27. The zero-order valence-corrected chi connectivity index (χ0v) is 12.5. The van der Waals surface area contributed by atoms with E-state index in [0.717, 1.165) is 0 Å². The number of ether oxygens (including phenoxy) is 1. The number of esters is 1. The molecule has 0 bridgehead atoms. The fourth-order valence-electron chi connectivity index (χ4n) is 1.30. The summed E-state index contributed by atoms with van der Waals surface area (Å²) in [6.45, 7) is 3.85. The minimum Gasteiger partial charge on any atom is -0.462 e. The summed E-state index contributed by atoms with van der Waals surface area (Å²) >= 11 is 3.20. The molecule has 0 unspecified atom stereocenters. The van der Waals surface area contributed by atoms with Crippen molar-refractivity contribution in [1.29, 1.82) is 0 Å². The zero-order valence-electron chi connectivity index (χ0n) is 10.1. The van der Waals surface area contributed by atoms with Crippen molar-refractivity contribution in [3.63, 3.8) is 0 Å². The van der Waals surface area contributed by atoms with Crippen molar-refractivity contribution >= 4 is 31.9 Å². The molecule has 0 aromatic heterocycles. The SMILES string of the molecule is CCCOC(=O)c1cc(S(N)(=O)=O)cc(Br)c1C. The first-order chi connectivity index (χ1) is 8.27. The normalized spacial score (nSPS) is 11.3. The van der Waals surface area contributed by atoms with Gasteiger partial charge in [-0.05, 0) is 31.0 Å². The Labute approximate surface area is 114 Å². The Morgan fingerprint density at radius 3 is 2.56 bits per heavy atom. The van der Waals surface area contributed by atoms with Crippen LogP contribution in [0.4, 0.5) is 0 Å². The number of primary sulfonamides is 1. The fraction of sp³-hybridized carbons (Fsp3) is 0.364. The molecule has 0 heterocycles. The van der Waals surface area contributed by atoms with Crippen molar-refractivity contribution in [3.8, 4) is 0 Å². The maximum Gasteiger partial charge on any atom is 0.338 e. The first-order valence-corrected chi connectivity index (χ1v) is 7.61. The molecule has 0 radical (unpaired) electrons. The number of hydrogen-bond acceptors (Lipinski definition) is 4. The van der Waals surface area contributed by atoms with Gasteiger partial charge in [0.05, 0.1) is 17.1 Å². The highest BCUT2D eigenvalue weighted by atomic mass is 79.9. The van der Waals surface area contributed by atoms with Crippen molar-refractivity contribution in [2.24, 2.45) is 5.14 Å². The molecule has 1 rings (SSSR count). The number of sulfonamides is 1. The van der Waals surface area contributed by atoms with E-state index in [9.17, 15) is 13.2 Å². The van der Waals surface area contributed by atoms with Crippen LogP contribution >= 0.6 is 15.9 Å². The van der Waals surface area contributed by atoms with Crippen molar-refractivity contribution < 1.29 is 17.9 Å². The van der Waals surface area contributed by atoms with Crippen LogP contribution in [0, 0.1) is 6.92 Å². The van der Waals surface area contributed by atoms with Gasteiger partial charge in [-0.25, -0.2) is 18.4 Å². The molecule has 0 atom stereocenters. The van der Waals surface area contributed by atoms with Gasteiger partial charge in [0, 0.05) is 4.47 Å². The summed E-state index contributed by atoms with van der Waals surface area (Å²) in [7, 11) is -3.86. The van der Waals surface area contributed by atoms with Gasteiger partial charge in [-0.1, -0.05) is 22.9 Å². The van der Waals surface area contributed by atoms with Gasteiger partial charge < -0.3 is 4.74 Å². The van der Waals surface area contributed by atoms with Crippen LogP contribution in [0.2, 0.25) is 0 Å². The molecule has 0 saturated heterocycles. The Kier molecular flexibility index (Phi) is 4.89. The summed E-state index contributed by atoms with van der Waals surface area (Å²) < 4.78 is 28.1. The molecule has 1 aromatic carbocycles. The topological polar surface area (TPSA) is 86.5 Å². The maximum atomic E-state index is 11.8. The zero-order chi connectivity index (χ0) is 13.9. The molecular formula is C11H14BrNO4S. The summed E-state index contributed by atoms with van der Waals surface area (Å²) in [6.07, 6.45) is 0.695.